The van der Waals surface area contributed by atoms with Crippen LogP contribution >= 0.6 is 0 Å². The van der Waals surface area contributed by atoms with Gasteiger partial charge in [0.25, 0.3) is 0 Å². The van der Waals surface area contributed by atoms with Crippen molar-refractivity contribution < 1.29 is 4.79 Å². The number of piperazine rings is 1. The van der Waals surface area contributed by atoms with E-state index in [0.717, 1.165) is 13.1 Å². The van der Waals surface area contributed by atoms with Crippen molar-refractivity contribution in [3.05, 3.63) is 0 Å². The Balaban J connectivity index is 2.65. The Hall–Kier alpha value is -0.610. The van der Waals surface area contributed by atoms with E-state index in [-0.39, 0.29) is 17.9 Å². The first-order valence-electron chi connectivity index (χ1n) is 6.11. The SMILES string of the molecule is CC(C)[C@@H](N)C(=O)N1CC(C)N(C)C(C)C1. The van der Waals surface area contributed by atoms with Gasteiger partial charge in [0.05, 0.1) is 6.04 Å². The lowest BCUT2D eigenvalue weighted by molar-refractivity contribution is -0.137. The van der Waals surface area contributed by atoms with Crippen LogP contribution in [0.2, 0.25) is 0 Å². The van der Waals surface area contributed by atoms with Crippen molar-refractivity contribution in [2.45, 2.75) is 45.8 Å². The molecule has 16 heavy (non-hydrogen) atoms. The minimum Gasteiger partial charge on any atom is -0.338 e. The summed E-state index contributed by atoms with van der Waals surface area (Å²) >= 11 is 0. The van der Waals surface area contributed by atoms with Gasteiger partial charge in [-0.3, -0.25) is 9.69 Å². The topological polar surface area (TPSA) is 49.6 Å². The molecule has 0 aromatic rings. The number of hydrogen-bond donors (Lipinski definition) is 1. The van der Waals surface area contributed by atoms with Gasteiger partial charge in [0, 0.05) is 25.2 Å². The summed E-state index contributed by atoms with van der Waals surface area (Å²) in [6.07, 6.45) is 0. The summed E-state index contributed by atoms with van der Waals surface area (Å²) in [5.41, 5.74) is 5.91. The fourth-order valence-corrected chi connectivity index (χ4v) is 2.08. The number of nitrogens with two attached hydrogens (primary N) is 1. The smallest absolute Gasteiger partial charge is 0.239 e. The van der Waals surface area contributed by atoms with E-state index >= 15 is 0 Å². The predicted octanol–water partition coefficient (Wildman–Crippen LogP) is 0.521. The molecule has 4 heteroatoms. The van der Waals surface area contributed by atoms with Crippen LogP contribution in [0.15, 0.2) is 0 Å². The molecule has 94 valence electrons. The van der Waals surface area contributed by atoms with Gasteiger partial charge >= 0.3 is 0 Å². The molecule has 0 aromatic carbocycles. The lowest BCUT2D eigenvalue weighted by atomic mass is 10.0. The minimum absolute atomic E-state index is 0.0989. The van der Waals surface area contributed by atoms with Crippen molar-refractivity contribution in [2.24, 2.45) is 11.7 Å². The van der Waals surface area contributed by atoms with Crippen LogP contribution in [0.4, 0.5) is 0 Å². The van der Waals surface area contributed by atoms with E-state index in [4.69, 9.17) is 5.73 Å². The summed E-state index contributed by atoms with van der Waals surface area (Å²) in [5, 5.41) is 0. The molecule has 0 radical (unpaired) electrons. The molecule has 1 saturated heterocycles. The summed E-state index contributed by atoms with van der Waals surface area (Å²) in [5.74, 6) is 0.305. The summed E-state index contributed by atoms with van der Waals surface area (Å²) < 4.78 is 0. The quantitative estimate of drug-likeness (QED) is 0.748. The van der Waals surface area contributed by atoms with Crippen LogP contribution in [0, 0.1) is 5.92 Å². The molecule has 0 aromatic heterocycles. The van der Waals surface area contributed by atoms with E-state index in [0.29, 0.717) is 12.1 Å². The van der Waals surface area contributed by atoms with E-state index in [1.165, 1.54) is 0 Å². The van der Waals surface area contributed by atoms with Crippen LogP contribution in [0.3, 0.4) is 0 Å². The van der Waals surface area contributed by atoms with Gasteiger partial charge in [0.2, 0.25) is 5.91 Å². The first kappa shape index (κ1) is 13.5. The fourth-order valence-electron chi connectivity index (χ4n) is 2.08. The molecule has 1 aliphatic rings. The van der Waals surface area contributed by atoms with Gasteiger partial charge in [0.15, 0.2) is 0 Å². The molecule has 0 aliphatic carbocycles. The molecule has 2 unspecified atom stereocenters. The van der Waals surface area contributed by atoms with E-state index in [1.54, 1.807) is 0 Å². The number of hydrogen-bond acceptors (Lipinski definition) is 3. The Morgan fingerprint density at radius 1 is 1.25 bits per heavy atom. The molecule has 1 heterocycles. The number of likely N-dealkylation sites (N-methyl/N-ethyl adjacent to an activating group) is 1. The second kappa shape index (κ2) is 5.15. The van der Waals surface area contributed by atoms with Gasteiger partial charge < -0.3 is 10.6 Å². The Bertz CT molecular complexity index is 243. The molecule has 0 bridgehead atoms. The molecule has 1 aliphatic heterocycles. The van der Waals surface area contributed by atoms with Gasteiger partial charge in [-0.2, -0.15) is 0 Å². The van der Waals surface area contributed by atoms with Gasteiger partial charge in [-0.25, -0.2) is 0 Å². The maximum atomic E-state index is 12.1. The van der Waals surface area contributed by atoms with Crippen molar-refractivity contribution in [1.29, 1.82) is 0 Å². The first-order chi connectivity index (χ1) is 7.34. The van der Waals surface area contributed by atoms with Crippen LogP contribution in [-0.4, -0.2) is 54.0 Å². The van der Waals surface area contributed by atoms with E-state index < -0.39 is 0 Å². The Morgan fingerprint density at radius 3 is 2.06 bits per heavy atom. The molecule has 0 spiro atoms. The number of nitrogens with zero attached hydrogens (tertiary/aromatic N) is 2. The molecule has 1 rings (SSSR count). The molecule has 4 nitrogen and oxygen atoms in total. The fraction of sp³-hybridized carbons (Fsp3) is 0.917. The van der Waals surface area contributed by atoms with Gasteiger partial charge in [0.1, 0.15) is 0 Å². The minimum atomic E-state index is -0.359. The highest BCUT2D eigenvalue weighted by molar-refractivity contribution is 5.82. The zero-order valence-corrected chi connectivity index (χ0v) is 11.1. The van der Waals surface area contributed by atoms with Crippen molar-refractivity contribution in [1.82, 2.24) is 9.80 Å². The number of amides is 1. The first-order valence-corrected chi connectivity index (χ1v) is 6.11. The van der Waals surface area contributed by atoms with Crippen LogP contribution in [0.25, 0.3) is 0 Å². The van der Waals surface area contributed by atoms with E-state index in [9.17, 15) is 4.79 Å². The van der Waals surface area contributed by atoms with Gasteiger partial charge in [-0.1, -0.05) is 13.8 Å². The van der Waals surface area contributed by atoms with Crippen LogP contribution in [-0.2, 0) is 4.79 Å². The second-order valence-corrected chi connectivity index (χ2v) is 5.38. The number of carbonyl (C=O) groups excluding carboxylic acids is 1. The zero-order chi connectivity index (χ0) is 12.5. The molecule has 1 fully saturated rings. The third-order valence-corrected chi connectivity index (χ3v) is 3.67. The van der Waals surface area contributed by atoms with Crippen molar-refractivity contribution in [2.75, 3.05) is 20.1 Å². The zero-order valence-electron chi connectivity index (χ0n) is 11.1. The average Bonchev–Trinajstić information content (AvgIpc) is 2.22. The van der Waals surface area contributed by atoms with E-state index in [1.807, 2.05) is 18.7 Å². The Morgan fingerprint density at radius 2 is 1.69 bits per heavy atom. The highest BCUT2D eigenvalue weighted by Crippen LogP contribution is 2.15. The molecule has 2 N–H and O–H groups in total. The third-order valence-electron chi connectivity index (χ3n) is 3.67. The van der Waals surface area contributed by atoms with Crippen molar-refractivity contribution >= 4 is 5.91 Å². The molecular formula is C12H25N3O. The highest BCUT2D eigenvalue weighted by Gasteiger charge is 2.32. The van der Waals surface area contributed by atoms with Crippen LogP contribution in [0.5, 0.6) is 0 Å². The molecule has 3 atom stereocenters. The van der Waals surface area contributed by atoms with Crippen molar-refractivity contribution in [3.63, 3.8) is 0 Å². The average molecular weight is 227 g/mol. The van der Waals surface area contributed by atoms with Crippen LogP contribution in [0.1, 0.15) is 27.7 Å². The predicted molar refractivity (Wildman–Crippen MR) is 66.1 cm³/mol. The maximum absolute atomic E-state index is 12.1. The van der Waals surface area contributed by atoms with E-state index in [2.05, 4.69) is 25.8 Å². The Kier molecular flexibility index (Phi) is 4.33. The maximum Gasteiger partial charge on any atom is 0.239 e. The second-order valence-electron chi connectivity index (χ2n) is 5.38. The van der Waals surface area contributed by atoms with Gasteiger partial charge in [-0.15, -0.1) is 0 Å². The van der Waals surface area contributed by atoms with Crippen molar-refractivity contribution in [3.8, 4) is 0 Å². The largest absolute Gasteiger partial charge is 0.338 e. The lowest BCUT2D eigenvalue weighted by Gasteiger charge is -2.43. The summed E-state index contributed by atoms with van der Waals surface area (Å²) in [4.78, 5) is 16.3. The molecule has 1 amide bonds. The molecular weight excluding hydrogens is 202 g/mol. The number of rotatable bonds is 2. The molecule has 0 saturated carbocycles. The van der Waals surface area contributed by atoms with Gasteiger partial charge in [-0.05, 0) is 26.8 Å². The summed E-state index contributed by atoms with van der Waals surface area (Å²) in [6.45, 7) is 9.87. The van der Waals surface area contributed by atoms with Crippen LogP contribution < -0.4 is 5.73 Å². The monoisotopic (exact) mass is 227 g/mol. The normalized spacial score (nSPS) is 29.6. The summed E-state index contributed by atoms with van der Waals surface area (Å²) in [7, 11) is 2.11. The third kappa shape index (κ3) is 2.74. The standard InChI is InChI=1S/C12H25N3O/c1-8(2)11(13)12(16)15-6-9(3)14(5)10(4)7-15/h8-11H,6-7,13H2,1-5H3/t9?,10?,11-/m1/s1. The number of carbonyl (C=O) groups is 1. The summed E-state index contributed by atoms with van der Waals surface area (Å²) in [6, 6.07) is 0.460. The Labute approximate surface area is 98.8 Å². The highest BCUT2D eigenvalue weighted by atomic mass is 16.2. The lowest BCUT2D eigenvalue weighted by Crippen LogP contribution is -2.59.